The minimum Gasteiger partial charge on any atom is -0.726 e. The van der Waals surface area contributed by atoms with Gasteiger partial charge in [-0.1, -0.05) is 111 Å². The highest BCUT2D eigenvalue weighted by atomic mass is 32.3. The lowest BCUT2D eigenvalue weighted by Gasteiger charge is -2.28. The maximum atomic E-state index is 8.63. The quantitative estimate of drug-likeness (QED) is 0.0701. The fourth-order valence-corrected chi connectivity index (χ4v) is 9.64. The number of rotatable bonds is 22. The lowest BCUT2D eigenvalue weighted by Crippen LogP contribution is -2.13. The lowest BCUT2D eigenvalue weighted by molar-refractivity contribution is 0.366. The van der Waals surface area contributed by atoms with Crippen LogP contribution in [0.25, 0.3) is 0 Å². The summed E-state index contributed by atoms with van der Waals surface area (Å²) >= 11 is 0. The molecule has 6 heteroatoms. The van der Waals surface area contributed by atoms with Crippen LogP contribution in [0.4, 0.5) is 0 Å². The topological polar surface area (TPSA) is 77.4 Å². The molecule has 0 amide bonds. The van der Waals surface area contributed by atoms with Gasteiger partial charge in [-0.15, -0.1) is 0 Å². The molecule has 0 saturated carbocycles. The normalized spacial score (nSPS) is 11.9. The van der Waals surface area contributed by atoms with E-state index in [-0.39, 0.29) is 0 Å². The molecule has 4 nitrogen and oxygen atoms in total. The maximum Gasteiger partial charge on any atom is 0.215 e. The van der Waals surface area contributed by atoms with Crippen molar-refractivity contribution >= 4 is 17.7 Å². The molecule has 0 rings (SSSR count). The average Bonchev–Trinajstić information content (AvgIpc) is 2.74. The van der Waals surface area contributed by atoms with E-state index in [1.54, 1.807) is 31.1 Å². The standard InChI is InChI=1S/C26H56P.H2O4S/c1-5-9-13-14-15-16-17-18-19-20-21-22-26-27(23-10-6-2,24-11-7-3)25-12-8-4;1-5(2,3)4/h5-26H2,1-4H3;(H2,1,2,3,4)/q+1;/p-1. The van der Waals surface area contributed by atoms with Gasteiger partial charge in [-0.3, -0.25) is 4.55 Å². The van der Waals surface area contributed by atoms with Crippen LogP contribution >= 0.6 is 7.26 Å². The van der Waals surface area contributed by atoms with Crippen LogP contribution < -0.4 is 0 Å². The summed E-state index contributed by atoms with van der Waals surface area (Å²) in [5.41, 5.74) is 0. The predicted molar refractivity (Wildman–Crippen MR) is 145 cm³/mol. The predicted octanol–water partition coefficient (Wildman–Crippen LogP) is 9.11. The monoisotopic (exact) mass is 496 g/mol. The van der Waals surface area contributed by atoms with E-state index in [0.29, 0.717) is 0 Å². The van der Waals surface area contributed by atoms with Gasteiger partial charge in [-0.25, -0.2) is 8.42 Å². The SMILES string of the molecule is CCCCCCCCCCCCCC[P+](CCCC)(CCCC)CCCC.O=S(=O)([O-])O. The molecule has 0 radical (unpaired) electrons. The van der Waals surface area contributed by atoms with E-state index in [0.717, 1.165) is 0 Å². The fourth-order valence-electron chi connectivity index (χ4n) is 4.44. The second kappa shape index (κ2) is 24.4. The van der Waals surface area contributed by atoms with Crippen molar-refractivity contribution in [3.05, 3.63) is 0 Å². The van der Waals surface area contributed by atoms with Gasteiger partial charge in [-0.05, 0) is 32.1 Å². The summed E-state index contributed by atoms with van der Waals surface area (Å²) in [5, 5.41) is 0. The molecular formula is C26H57O4PS. The molecule has 196 valence electrons. The lowest BCUT2D eigenvalue weighted by atomic mass is 10.1. The van der Waals surface area contributed by atoms with Crippen molar-refractivity contribution in [2.24, 2.45) is 0 Å². The first-order valence-corrected chi connectivity index (χ1v) is 17.7. The molecule has 0 aromatic carbocycles. The van der Waals surface area contributed by atoms with Gasteiger partial charge in [0.25, 0.3) is 0 Å². The zero-order chi connectivity index (χ0) is 24.6. The summed E-state index contributed by atoms with van der Waals surface area (Å²) in [4.78, 5) is 0. The summed E-state index contributed by atoms with van der Waals surface area (Å²) in [7, 11) is -5.54. The molecule has 0 aliphatic carbocycles. The van der Waals surface area contributed by atoms with E-state index in [1.165, 1.54) is 109 Å². The Balaban J connectivity index is 0. The number of unbranched alkanes of at least 4 members (excludes halogenated alkanes) is 14. The van der Waals surface area contributed by atoms with Crippen LogP contribution in [-0.4, -0.2) is 42.2 Å². The van der Waals surface area contributed by atoms with E-state index in [9.17, 15) is 0 Å². The van der Waals surface area contributed by atoms with E-state index >= 15 is 0 Å². The van der Waals surface area contributed by atoms with Crippen molar-refractivity contribution in [3.8, 4) is 0 Å². The Hall–Kier alpha value is 0.300. The highest BCUT2D eigenvalue weighted by Crippen LogP contribution is 2.61. The molecule has 32 heavy (non-hydrogen) atoms. The van der Waals surface area contributed by atoms with Crippen molar-refractivity contribution in [1.82, 2.24) is 0 Å². The summed E-state index contributed by atoms with van der Waals surface area (Å²) in [6.45, 7) is 9.47. The van der Waals surface area contributed by atoms with Crippen LogP contribution in [0.5, 0.6) is 0 Å². The van der Waals surface area contributed by atoms with Gasteiger partial charge in [0.2, 0.25) is 10.4 Å². The molecule has 1 N–H and O–H groups in total. The third-order valence-corrected chi connectivity index (χ3v) is 11.5. The van der Waals surface area contributed by atoms with E-state index < -0.39 is 17.7 Å². The van der Waals surface area contributed by atoms with Crippen LogP contribution in [0.15, 0.2) is 0 Å². The Morgan fingerprint density at radius 2 is 0.719 bits per heavy atom. The van der Waals surface area contributed by atoms with Gasteiger partial charge >= 0.3 is 0 Å². The molecule has 0 aliphatic rings. The zero-order valence-corrected chi connectivity index (χ0v) is 23.8. The minimum absolute atomic E-state index is 0.626. The molecule has 0 aliphatic heterocycles. The first-order valence-electron chi connectivity index (χ1n) is 13.8. The molecule has 0 unspecified atom stereocenters. The van der Waals surface area contributed by atoms with Crippen LogP contribution in [-0.2, 0) is 10.4 Å². The van der Waals surface area contributed by atoms with Gasteiger partial charge in [0.05, 0.1) is 24.6 Å². The van der Waals surface area contributed by atoms with Crippen LogP contribution in [0.3, 0.4) is 0 Å². The van der Waals surface area contributed by atoms with Crippen molar-refractivity contribution in [3.63, 3.8) is 0 Å². The highest BCUT2D eigenvalue weighted by molar-refractivity contribution is 7.79. The van der Waals surface area contributed by atoms with Gasteiger partial charge in [0, 0.05) is 7.26 Å². The fraction of sp³-hybridized carbons (Fsp3) is 1.00. The first kappa shape index (κ1) is 34.5. The third-order valence-electron chi connectivity index (χ3n) is 6.44. The molecule has 0 saturated heterocycles. The molecule has 0 heterocycles. The number of hydrogen-bond donors (Lipinski definition) is 1. The second-order valence-electron chi connectivity index (χ2n) is 9.61. The molecule has 0 spiro atoms. The van der Waals surface area contributed by atoms with Gasteiger partial charge in [0.15, 0.2) is 0 Å². The molecule has 0 atom stereocenters. The summed E-state index contributed by atoms with van der Waals surface area (Å²) in [6.07, 6.45) is 33.0. The molecule has 0 aromatic rings. The number of hydrogen-bond acceptors (Lipinski definition) is 3. The van der Waals surface area contributed by atoms with Crippen LogP contribution in [0.1, 0.15) is 143 Å². The Labute approximate surface area is 203 Å². The van der Waals surface area contributed by atoms with Crippen LogP contribution in [0, 0.1) is 0 Å². The first-order chi connectivity index (χ1) is 15.2. The van der Waals surface area contributed by atoms with Crippen molar-refractivity contribution in [1.29, 1.82) is 0 Å². The maximum absolute atomic E-state index is 8.63. The van der Waals surface area contributed by atoms with E-state index in [4.69, 9.17) is 17.5 Å². The van der Waals surface area contributed by atoms with Crippen molar-refractivity contribution < 1.29 is 17.5 Å². The van der Waals surface area contributed by atoms with Gasteiger partial charge in [-0.2, -0.15) is 0 Å². The molecule has 0 bridgehead atoms. The zero-order valence-electron chi connectivity index (χ0n) is 22.1. The van der Waals surface area contributed by atoms with Crippen LogP contribution in [0.2, 0.25) is 0 Å². The Bertz CT molecular complexity index is 439. The second-order valence-corrected chi connectivity index (χ2v) is 14.9. The summed E-state index contributed by atoms with van der Waals surface area (Å²) in [6, 6.07) is 0. The highest BCUT2D eigenvalue weighted by Gasteiger charge is 2.34. The van der Waals surface area contributed by atoms with E-state index in [1.807, 2.05) is 0 Å². The summed E-state index contributed by atoms with van der Waals surface area (Å²) < 4.78 is 32.8. The largest absolute Gasteiger partial charge is 0.726 e. The van der Waals surface area contributed by atoms with Crippen molar-refractivity contribution in [2.75, 3.05) is 24.6 Å². The summed E-state index contributed by atoms with van der Waals surface area (Å²) in [5.74, 6) is 0. The Morgan fingerprint density at radius 1 is 0.500 bits per heavy atom. The molecule has 0 fully saturated rings. The average molecular weight is 497 g/mol. The third kappa shape index (κ3) is 28.3. The molecular weight excluding hydrogens is 439 g/mol. The smallest absolute Gasteiger partial charge is 0.215 e. The minimum atomic E-state index is -4.92. The van der Waals surface area contributed by atoms with Crippen molar-refractivity contribution in [2.45, 2.75) is 143 Å². The van der Waals surface area contributed by atoms with E-state index in [2.05, 4.69) is 27.7 Å². The Morgan fingerprint density at radius 3 is 1.00 bits per heavy atom. The van der Waals surface area contributed by atoms with Gasteiger partial charge in [0.1, 0.15) is 0 Å². The Kier molecular flexibility index (Phi) is 26.3. The van der Waals surface area contributed by atoms with Gasteiger partial charge < -0.3 is 4.55 Å². The molecule has 0 aromatic heterocycles.